The Balaban J connectivity index is 1.35. The van der Waals surface area contributed by atoms with Gasteiger partial charge in [0.1, 0.15) is 0 Å². The fourth-order valence-electron chi connectivity index (χ4n) is 12.2. The lowest BCUT2D eigenvalue weighted by molar-refractivity contribution is 0.332. The summed E-state index contributed by atoms with van der Waals surface area (Å²) >= 11 is 0. The summed E-state index contributed by atoms with van der Waals surface area (Å²) in [6.07, 6.45) is 4.69. The van der Waals surface area contributed by atoms with Crippen LogP contribution in [-0.2, 0) is 32.5 Å². The summed E-state index contributed by atoms with van der Waals surface area (Å²) < 4.78 is 0. The zero-order valence-corrected chi connectivity index (χ0v) is 37.7. The van der Waals surface area contributed by atoms with Gasteiger partial charge >= 0.3 is 0 Å². The molecule has 10 rings (SSSR count). The summed E-state index contributed by atoms with van der Waals surface area (Å²) in [5, 5.41) is 0. The number of benzene rings is 6. The van der Waals surface area contributed by atoms with Crippen LogP contribution < -0.4 is 4.90 Å². The largest absolute Gasteiger partial charge is 0.310 e. The van der Waals surface area contributed by atoms with E-state index < -0.39 is 0 Å². The molecule has 0 bridgehead atoms. The van der Waals surface area contributed by atoms with Crippen molar-refractivity contribution in [2.24, 2.45) is 0 Å². The number of anilines is 3. The van der Waals surface area contributed by atoms with E-state index in [-0.39, 0.29) is 32.5 Å². The highest BCUT2D eigenvalue weighted by atomic mass is 15.2. The van der Waals surface area contributed by atoms with Crippen molar-refractivity contribution in [1.29, 1.82) is 0 Å². The maximum atomic E-state index is 2.72. The summed E-state index contributed by atoms with van der Waals surface area (Å²) in [6, 6.07) is 45.3. The van der Waals surface area contributed by atoms with E-state index in [4.69, 9.17) is 0 Å². The molecule has 0 amide bonds. The molecule has 0 fully saturated rings. The smallest absolute Gasteiger partial charge is 0.0543 e. The van der Waals surface area contributed by atoms with Crippen LogP contribution in [0.15, 0.2) is 115 Å². The van der Waals surface area contributed by atoms with E-state index in [0.717, 1.165) is 6.42 Å². The minimum Gasteiger partial charge on any atom is -0.310 e. The van der Waals surface area contributed by atoms with Crippen LogP contribution in [0.25, 0.3) is 33.4 Å². The Kier molecular flexibility index (Phi) is 8.02. The Hall–Kier alpha value is -4.88. The summed E-state index contributed by atoms with van der Waals surface area (Å²) in [5.74, 6) is 0. The van der Waals surface area contributed by atoms with E-state index in [9.17, 15) is 0 Å². The maximum Gasteiger partial charge on any atom is 0.0543 e. The molecule has 0 saturated carbocycles. The van der Waals surface area contributed by atoms with Crippen molar-refractivity contribution in [2.45, 2.75) is 141 Å². The summed E-state index contributed by atoms with van der Waals surface area (Å²) in [5.41, 5.74) is 23.6. The number of fused-ring (bicyclic) bond motifs is 8. The third kappa shape index (κ3) is 5.41. The van der Waals surface area contributed by atoms with Crippen molar-refractivity contribution in [3.05, 3.63) is 160 Å². The van der Waals surface area contributed by atoms with Crippen LogP contribution >= 0.6 is 0 Å². The quantitative estimate of drug-likeness (QED) is 0.172. The first-order valence-electron chi connectivity index (χ1n) is 22.4. The Morgan fingerprint density at radius 3 is 1.41 bits per heavy atom. The molecule has 4 aliphatic rings. The fraction of sp³-hybridized carbons (Fsp3) is 0.379. The molecule has 0 saturated heterocycles. The molecule has 0 heterocycles. The topological polar surface area (TPSA) is 3.24 Å². The van der Waals surface area contributed by atoms with Crippen LogP contribution in [0.4, 0.5) is 17.1 Å². The van der Waals surface area contributed by atoms with Gasteiger partial charge in [0.15, 0.2) is 0 Å². The van der Waals surface area contributed by atoms with Crippen molar-refractivity contribution >= 4 is 17.1 Å². The van der Waals surface area contributed by atoms with Gasteiger partial charge in [-0.15, -0.1) is 0 Å². The Morgan fingerprint density at radius 1 is 0.322 bits per heavy atom. The molecule has 1 nitrogen and oxygen atoms in total. The highest BCUT2D eigenvalue weighted by Gasteiger charge is 2.44. The predicted molar refractivity (Wildman–Crippen MR) is 252 cm³/mol. The van der Waals surface area contributed by atoms with Crippen LogP contribution in [0, 0.1) is 0 Å². The first-order chi connectivity index (χ1) is 27.8. The average Bonchev–Trinajstić information content (AvgIpc) is 3.57. The molecule has 4 aliphatic carbocycles. The Morgan fingerprint density at radius 2 is 0.780 bits per heavy atom. The molecule has 59 heavy (non-hydrogen) atoms. The van der Waals surface area contributed by atoms with Crippen LogP contribution in [0.1, 0.15) is 153 Å². The van der Waals surface area contributed by atoms with Crippen molar-refractivity contribution in [3.8, 4) is 33.4 Å². The highest BCUT2D eigenvalue weighted by molar-refractivity contribution is 5.97. The molecule has 0 N–H and O–H groups in total. The molecule has 0 unspecified atom stereocenters. The standard InChI is InChI=1S/C58H63N/c1-53(2)29-31-55(5,6)51-40(21-17-24-45(51)53)42-34-41-38-20-14-16-23-44(38)58(11,12)48(41)35-50(42)59(49-26-18-25-46-52(49)56(7,8)32-30-54(46,3)4)36-27-28-39-37-19-13-15-22-43(37)57(9,10)47(39)33-36/h13-28,33-35H,29-32H2,1-12H3. The highest BCUT2D eigenvalue weighted by Crippen LogP contribution is 2.59. The molecule has 1 heteroatoms. The third-order valence-corrected chi connectivity index (χ3v) is 16.0. The molecule has 6 aromatic carbocycles. The van der Waals surface area contributed by atoms with Gasteiger partial charge in [-0.1, -0.05) is 168 Å². The average molecular weight is 774 g/mol. The van der Waals surface area contributed by atoms with Crippen molar-refractivity contribution < 1.29 is 0 Å². The minimum atomic E-state index is -0.152. The first-order valence-corrected chi connectivity index (χ1v) is 22.4. The molecular weight excluding hydrogens is 711 g/mol. The molecule has 300 valence electrons. The van der Waals surface area contributed by atoms with Gasteiger partial charge in [0, 0.05) is 22.1 Å². The molecule has 0 aliphatic heterocycles. The molecule has 0 spiro atoms. The SMILES string of the molecule is CC1(C)CCC(C)(C)c2c(-c3cc4c(cc3N(c3ccc5c(c3)C(C)(C)c3ccccc3-5)c3cccc5c3C(C)(C)CCC5(C)C)C(C)(C)c3ccccc3-4)cccc21. The number of rotatable bonds is 4. The minimum absolute atomic E-state index is 0.00371. The third-order valence-electron chi connectivity index (χ3n) is 16.0. The van der Waals surface area contributed by atoms with Crippen LogP contribution in [-0.4, -0.2) is 0 Å². The van der Waals surface area contributed by atoms with Crippen molar-refractivity contribution in [2.75, 3.05) is 4.90 Å². The van der Waals surface area contributed by atoms with Gasteiger partial charge in [0.05, 0.1) is 11.4 Å². The Labute approximate surface area is 354 Å². The molecule has 0 atom stereocenters. The fourth-order valence-corrected chi connectivity index (χ4v) is 12.2. The van der Waals surface area contributed by atoms with E-state index in [1.165, 1.54) is 114 Å². The molecule has 0 radical (unpaired) electrons. The second-order valence-electron chi connectivity index (χ2n) is 22.3. The van der Waals surface area contributed by atoms with Gasteiger partial charge in [-0.05, 0) is 150 Å². The first kappa shape index (κ1) is 38.3. The summed E-state index contributed by atoms with van der Waals surface area (Å²) in [7, 11) is 0. The van der Waals surface area contributed by atoms with Gasteiger partial charge in [0.2, 0.25) is 0 Å². The second kappa shape index (κ2) is 12.3. The van der Waals surface area contributed by atoms with E-state index >= 15 is 0 Å². The van der Waals surface area contributed by atoms with Crippen molar-refractivity contribution in [3.63, 3.8) is 0 Å². The normalized spacial score (nSPS) is 20.1. The van der Waals surface area contributed by atoms with E-state index in [1.807, 2.05) is 0 Å². The summed E-state index contributed by atoms with van der Waals surface area (Å²) in [4.78, 5) is 2.72. The van der Waals surface area contributed by atoms with Gasteiger partial charge in [-0.2, -0.15) is 0 Å². The summed E-state index contributed by atoms with van der Waals surface area (Å²) in [6.45, 7) is 29.5. The van der Waals surface area contributed by atoms with E-state index in [1.54, 1.807) is 0 Å². The van der Waals surface area contributed by atoms with Gasteiger partial charge < -0.3 is 4.90 Å². The second-order valence-corrected chi connectivity index (χ2v) is 22.3. The van der Waals surface area contributed by atoms with Crippen LogP contribution in [0.2, 0.25) is 0 Å². The maximum absolute atomic E-state index is 2.72. The zero-order valence-electron chi connectivity index (χ0n) is 37.7. The lowest BCUT2D eigenvalue weighted by atomic mass is 9.61. The Bertz CT molecular complexity index is 2730. The number of hydrogen-bond acceptors (Lipinski definition) is 1. The van der Waals surface area contributed by atoms with Gasteiger partial charge in [0.25, 0.3) is 0 Å². The lowest BCUT2D eigenvalue weighted by Crippen LogP contribution is -2.35. The lowest BCUT2D eigenvalue weighted by Gasteiger charge is -2.45. The number of nitrogens with zero attached hydrogens (tertiary/aromatic N) is 1. The van der Waals surface area contributed by atoms with Crippen LogP contribution in [0.5, 0.6) is 0 Å². The zero-order chi connectivity index (χ0) is 41.7. The monoisotopic (exact) mass is 773 g/mol. The molecule has 0 aromatic heterocycles. The van der Waals surface area contributed by atoms with Gasteiger partial charge in [-0.3, -0.25) is 0 Å². The van der Waals surface area contributed by atoms with E-state index in [2.05, 4.69) is 203 Å². The predicted octanol–water partition coefficient (Wildman–Crippen LogP) is 16.1. The van der Waals surface area contributed by atoms with Crippen LogP contribution in [0.3, 0.4) is 0 Å². The molecule has 6 aromatic rings. The molecular formula is C58H63N. The number of hydrogen-bond donors (Lipinski definition) is 0. The van der Waals surface area contributed by atoms with Crippen molar-refractivity contribution in [1.82, 2.24) is 0 Å². The van der Waals surface area contributed by atoms with Gasteiger partial charge in [-0.25, -0.2) is 0 Å². The van der Waals surface area contributed by atoms with E-state index in [0.29, 0.717) is 0 Å².